The summed E-state index contributed by atoms with van der Waals surface area (Å²) in [6.07, 6.45) is 0.174. The van der Waals surface area contributed by atoms with Crippen LogP contribution in [0.15, 0.2) is 30.3 Å². The van der Waals surface area contributed by atoms with E-state index in [2.05, 4.69) is 10.6 Å². The topological polar surface area (TPSA) is 120 Å². The molecule has 1 fully saturated rings. The first-order valence-corrected chi connectivity index (χ1v) is 9.40. The van der Waals surface area contributed by atoms with Crippen LogP contribution in [0.25, 0.3) is 0 Å². The molecule has 1 aromatic rings. The first kappa shape index (κ1) is 21.5. The lowest BCUT2D eigenvalue weighted by Crippen LogP contribution is -2.56. The number of carbonyl (C=O) groups excluding carboxylic acids is 3. The summed E-state index contributed by atoms with van der Waals surface area (Å²) in [5.41, 5.74) is 5.65. The molecule has 8 heteroatoms. The van der Waals surface area contributed by atoms with Gasteiger partial charge in [0.05, 0.1) is 12.1 Å². The van der Waals surface area contributed by atoms with Crippen LogP contribution < -0.4 is 16.4 Å². The molecule has 1 aromatic carbocycles. The molecule has 0 spiro atoms. The summed E-state index contributed by atoms with van der Waals surface area (Å²) >= 11 is 0. The quantitative estimate of drug-likeness (QED) is 0.712. The van der Waals surface area contributed by atoms with E-state index in [1.807, 2.05) is 30.3 Å². The molecule has 3 amide bonds. The molecule has 0 bridgehead atoms. The Bertz CT molecular complexity index is 687. The summed E-state index contributed by atoms with van der Waals surface area (Å²) in [5, 5.41) is 5.53. The number of hydrogen-bond donors (Lipinski definition) is 3. The van der Waals surface area contributed by atoms with Crippen molar-refractivity contribution in [1.29, 1.82) is 0 Å². The molecule has 0 aromatic heterocycles. The molecule has 2 rings (SSSR count). The van der Waals surface area contributed by atoms with Gasteiger partial charge in [0, 0.05) is 5.92 Å². The van der Waals surface area contributed by atoms with Crippen molar-refractivity contribution >= 4 is 18.1 Å². The van der Waals surface area contributed by atoms with Gasteiger partial charge in [-0.15, -0.1) is 0 Å². The number of amides is 3. The zero-order valence-electron chi connectivity index (χ0n) is 16.6. The van der Waals surface area contributed by atoms with Gasteiger partial charge in [-0.05, 0) is 45.6 Å². The molecule has 0 saturated heterocycles. The van der Waals surface area contributed by atoms with Crippen molar-refractivity contribution in [3.05, 3.63) is 35.9 Å². The maximum absolute atomic E-state index is 12.2. The molecule has 8 nitrogen and oxygen atoms in total. The lowest BCUT2D eigenvalue weighted by molar-refractivity contribution is -0.123. The number of nitrogens with two attached hydrogens (primary N) is 1. The van der Waals surface area contributed by atoms with E-state index in [1.54, 1.807) is 20.8 Å². The maximum Gasteiger partial charge on any atom is 0.407 e. The minimum atomic E-state index is -0.653. The number of alkyl carbamates (subject to hydrolysis) is 2. The fourth-order valence-electron chi connectivity index (χ4n) is 3.14. The second-order valence-electron chi connectivity index (χ2n) is 7.98. The van der Waals surface area contributed by atoms with Crippen LogP contribution in [0.4, 0.5) is 9.59 Å². The highest BCUT2D eigenvalue weighted by molar-refractivity contribution is 5.77. The van der Waals surface area contributed by atoms with Gasteiger partial charge in [0.2, 0.25) is 5.91 Å². The van der Waals surface area contributed by atoms with E-state index in [0.717, 1.165) is 5.56 Å². The first-order valence-electron chi connectivity index (χ1n) is 9.40. The Morgan fingerprint density at radius 2 is 1.68 bits per heavy atom. The summed E-state index contributed by atoms with van der Waals surface area (Å²) in [7, 11) is 0. The van der Waals surface area contributed by atoms with Crippen molar-refractivity contribution in [3.63, 3.8) is 0 Å². The highest BCUT2D eigenvalue weighted by atomic mass is 16.6. The Hall–Kier alpha value is -2.77. The fraction of sp³-hybridized carbons (Fsp3) is 0.550. The van der Waals surface area contributed by atoms with E-state index in [4.69, 9.17) is 15.2 Å². The van der Waals surface area contributed by atoms with Crippen molar-refractivity contribution in [3.8, 4) is 0 Å². The van der Waals surface area contributed by atoms with Crippen LogP contribution in [0, 0.1) is 5.92 Å². The molecule has 0 heterocycles. The molecule has 28 heavy (non-hydrogen) atoms. The van der Waals surface area contributed by atoms with Gasteiger partial charge in [0.15, 0.2) is 0 Å². The molecule has 3 atom stereocenters. The van der Waals surface area contributed by atoms with Crippen LogP contribution in [0.5, 0.6) is 0 Å². The number of primary amides is 1. The number of carbonyl (C=O) groups is 3. The van der Waals surface area contributed by atoms with Crippen molar-refractivity contribution in [2.45, 2.75) is 64.3 Å². The van der Waals surface area contributed by atoms with E-state index in [1.165, 1.54) is 0 Å². The average Bonchev–Trinajstić information content (AvgIpc) is 2.60. The van der Waals surface area contributed by atoms with Crippen molar-refractivity contribution in [2.75, 3.05) is 0 Å². The van der Waals surface area contributed by atoms with Crippen molar-refractivity contribution in [2.24, 2.45) is 11.7 Å². The standard InChI is InChI=1S/C20H29N3O5/c1-20(2,3)28-19(26)23-16-11-14(17(21)24)9-10-15(16)22-18(25)27-12-13-7-5-4-6-8-13/h4-8,14-16H,9-12H2,1-3H3,(H2,21,24)(H,22,25)(H,23,26)/t14-,15?,16?/m0/s1. The van der Waals surface area contributed by atoms with Crippen LogP contribution in [0.1, 0.15) is 45.6 Å². The Morgan fingerprint density at radius 3 is 2.29 bits per heavy atom. The van der Waals surface area contributed by atoms with Gasteiger partial charge in [-0.3, -0.25) is 4.79 Å². The second-order valence-corrected chi connectivity index (χ2v) is 7.98. The first-order chi connectivity index (χ1) is 13.1. The molecule has 1 aliphatic rings. The molecule has 154 valence electrons. The van der Waals surface area contributed by atoms with E-state index >= 15 is 0 Å². The van der Waals surface area contributed by atoms with Crippen LogP contribution in [-0.2, 0) is 20.9 Å². The van der Waals surface area contributed by atoms with Crippen LogP contribution in [0.2, 0.25) is 0 Å². The lowest BCUT2D eigenvalue weighted by Gasteiger charge is -2.36. The predicted molar refractivity (Wildman–Crippen MR) is 103 cm³/mol. The van der Waals surface area contributed by atoms with E-state index < -0.39 is 29.7 Å². The summed E-state index contributed by atoms with van der Waals surface area (Å²) in [6.45, 7) is 5.43. The van der Waals surface area contributed by atoms with Gasteiger partial charge in [0.1, 0.15) is 12.2 Å². The summed E-state index contributed by atoms with van der Waals surface area (Å²) in [6, 6.07) is 8.46. The Labute approximate surface area is 165 Å². The van der Waals surface area contributed by atoms with Gasteiger partial charge in [0.25, 0.3) is 0 Å². The second kappa shape index (κ2) is 9.43. The summed E-state index contributed by atoms with van der Waals surface area (Å²) < 4.78 is 10.5. The third kappa shape index (κ3) is 7.09. The molecular formula is C20H29N3O5. The number of nitrogens with one attached hydrogen (secondary N) is 2. The van der Waals surface area contributed by atoms with Gasteiger partial charge < -0.3 is 25.8 Å². The molecule has 1 aliphatic carbocycles. The zero-order chi connectivity index (χ0) is 20.7. The number of benzene rings is 1. The number of ether oxygens (including phenoxy) is 2. The molecule has 1 saturated carbocycles. The largest absolute Gasteiger partial charge is 0.445 e. The van der Waals surface area contributed by atoms with E-state index in [9.17, 15) is 14.4 Å². The summed E-state index contributed by atoms with van der Waals surface area (Å²) in [5.74, 6) is -0.778. The molecule has 4 N–H and O–H groups in total. The van der Waals surface area contributed by atoms with Crippen LogP contribution in [-0.4, -0.2) is 35.8 Å². The van der Waals surface area contributed by atoms with Crippen molar-refractivity contribution < 1.29 is 23.9 Å². The van der Waals surface area contributed by atoms with Gasteiger partial charge >= 0.3 is 12.2 Å². The van der Waals surface area contributed by atoms with Gasteiger partial charge in [-0.1, -0.05) is 30.3 Å². The van der Waals surface area contributed by atoms with Crippen LogP contribution >= 0.6 is 0 Å². The smallest absolute Gasteiger partial charge is 0.407 e. The minimum Gasteiger partial charge on any atom is -0.445 e. The lowest BCUT2D eigenvalue weighted by atomic mass is 9.82. The minimum absolute atomic E-state index is 0.146. The summed E-state index contributed by atoms with van der Waals surface area (Å²) in [4.78, 5) is 35.9. The highest BCUT2D eigenvalue weighted by Gasteiger charge is 2.36. The molecule has 0 radical (unpaired) electrons. The maximum atomic E-state index is 12.2. The Morgan fingerprint density at radius 1 is 1.04 bits per heavy atom. The Kier molecular flexibility index (Phi) is 7.25. The third-order valence-corrected chi connectivity index (χ3v) is 4.47. The fourth-order valence-corrected chi connectivity index (χ4v) is 3.14. The SMILES string of the molecule is CC(C)(C)OC(=O)NC1C[C@@H](C(N)=O)CCC1NC(=O)OCc1ccccc1. The van der Waals surface area contributed by atoms with Gasteiger partial charge in [-0.2, -0.15) is 0 Å². The van der Waals surface area contributed by atoms with E-state index in [-0.39, 0.29) is 18.6 Å². The number of hydrogen-bond acceptors (Lipinski definition) is 5. The zero-order valence-corrected chi connectivity index (χ0v) is 16.6. The molecular weight excluding hydrogens is 362 g/mol. The number of rotatable bonds is 5. The normalized spacial score (nSPS) is 22.0. The average molecular weight is 391 g/mol. The Balaban J connectivity index is 1.95. The molecule has 0 aliphatic heterocycles. The van der Waals surface area contributed by atoms with Gasteiger partial charge in [-0.25, -0.2) is 9.59 Å². The monoisotopic (exact) mass is 391 g/mol. The van der Waals surface area contributed by atoms with E-state index in [0.29, 0.717) is 19.3 Å². The predicted octanol–water partition coefficient (Wildman–Crippen LogP) is 2.46. The third-order valence-electron chi connectivity index (χ3n) is 4.47. The van der Waals surface area contributed by atoms with Crippen LogP contribution in [0.3, 0.4) is 0 Å². The highest BCUT2D eigenvalue weighted by Crippen LogP contribution is 2.25. The van der Waals surface area contributed by atoms with Crippen molar-refractivity contribution in [1.82, 2.24) is 10.6 Å². The molecule has 2 unspecified atom stereocenters.